The molecule has 0 amide bonds. The Kier molecular flexibility index (Phi) is 8.63. The van der Waals surface area contributed by atoms with Gasteiger partial charge in [0.15, 0.2) is 11.8 Å². The molecule has 1 aliphatic rings. The summed E-state index contributed by atoms with van der Waals surface area (Å²) < 4.78 is 2.25. The molecule has 2 N–H and O–H groups in total. The zero-order valence-corrected chi connectivity index (χ0v) is 15.5. The molecule has 0 saturated heterocycles. The highest BCUT2D eigenvalue weighted by Gasteiger charge is 2.15. The van der Waals surface area contributed by atoms with Gasteiger partial charge in [-0.3, -0.25) is 4.99 Å². The van der Waals surface area contributed by atoms with E-state index >= 15 is 0 Å². The van der Waals surface area contributed by atoms with E-state index in [2.05, 4.69) is 37.3 Å². The van der Waals surface area contributed by atoms with E-state index in [1.807, 2.05) is 7.05 Å². The molecular weight excluding hydrogens is 300 g/mol. The molecule has 0 aliphatic carbocycles. The predicted molar refractivity (Wildman–Crippen MR) is 99.2 cm³/mol. The van der Waals surface area contributed by atoms with Gasteiger partial charge in [0.1, 0.15) is 5.82 Å². The van der Waals surface area contributed by atoms with Crippen LogP contribution in [0.3, 0.4) is 0 Å². The Bertz CT molecular complexity index is 494. The van der Waals surface area contributed by atoms with Crippen molar-refractivity contribution in [2.24, 2.45) is 4.99 Å². The van der Waals surface area contributed by atoms with Gasteiger partial charge >= 0.3 is 0 Å². The number of unbranched alkanes of at least 4 members (excludes halogenated alkanes) is 6. The second kappa shape index (κ2) is 11.0. The minimum atomic E-state index is 0.684. The average Bonchev–Trinajstić information content (AvgIpc) is 3.03. The van der Waals surface area contributed by atoms with Gasteiger partial charge in [-0.15, -0.1) is 10.2 Å². The average molecular weight is 335 g/mol. The molecule has 6 nitrogen and oxygen atoms in total. The molecular formula is C18H34N6. The van der Waals surface area contributed by atoms with Gasteiger partial charge < -0.3 is 15.2 Å². The Morgan fingerprint density at radius 3 is 2.62 bits per heavy atom. The van der Waals surface area contributed by atoms with E-state index in [-0.39, 0.29) is 0 Å². The first-order valence-corrected chi connectivity index (χ1v) is 9.70. The highest BCUT2D eigenvalue weighted by atomic mass is 15.3. The van der Waals surface area contributed by atoms with E-state index in [9.17, 15) is 0 Å². The van der Waals surface area contributed by atoms with E-state index in [1.165, 1.54) is 57.8 Å². The molecule has 24 heavy (non-hydrogen) atoms. The number of aromatic nitrogens is 3. The molecule has 1 aliphatic heterocycles. The van der Waals surface area contributed by atoms with Crippen LogP contribution in [0, 0.1) is 0 Å². The molecule has 1 aromatic heterocycles. The summed E-state index contributed by atoms with van der Waals surface area (Å²) in [6.07, 6.45) is 12.8. The maximum atomic E-state index is 4.32. The van der Waals surface area contributed by atoms with Gasteiger partial charge in [0.25, 0.3) is 0 Å². The molecule has 0 fully saturated rings. The van der Waals surface area contributed by atoms with Gasteiger partial charge in [-0.05, 0) is 19.3 Å². The number of nitrogens with one attached hydrogen (secondary N) is 2. The van der Waals surface area contributed by atoms with Crippen molar-refractivity contribution in [2.75, 3.05) is 13.6 Å². The van der Waals surface area contributed by atoms with Crippen LogP contribution in [0.25, 0.3) is 0 Å². The third-order valence-corrected chi connectivity index (χ3v) is 4.65. The summed E-state index contributed by atoms with van der Waals surface area (Å²) in [5.41, 5.74) is 0. The van der Waals surface area contributed by atoms with Gasteiger partial charge in [0.05, 0.1) is 6.54 Å². The van der Waals surface area contributed by atoms with Gasteiger partial charge in [0.2, 0.25) is 0 Å². The van der Waals surface area contributed by atoms with Crippen molar-refractivity contribution in [1.29, 1.82) is 0 Å². The monoisotopic (exact) mass is 334 g/mol. The van der Waals surface area contributed by atoms with Crippen molar-refractivity contribution in [3.05, 3.63) is 11.6 Å². The van der Waals surface area contributed by atoms with Crippen molar-refractivity contribution >= 4 is 5.96 Å². The molecule has 0 saturated carbocycles. The third kappa shape index (κ3) is 6.13. The fraction of sp³-hybridized carbons (Fsp3) is 0.833. The van der Waals surface area contributed by atoms with Crippen LogP contribution in [-0.4, -0.2) is 34.3 Å². The number of guanidine groups is 1. The number of aliphatic imine (C=N–C) groups is 1. The molecule has 0 aromatic carbocycles. The fourth-order valence-corrected chi connectivity index (χ4v) is 3.17. The molecule has 0 atom stereocenters. The predicted octanol–water partition coefficient (Wildman–Crippen LogP) is 3.03. The summed E-state index contributed by atoms with van der Waals surface area (Å²) in [7, 11) is 1.82. The molecule has 0 radical (unpaired) electrons. The van der Waals surface area contributed by atoms with E-state index < -0.39 is 0 Å². The Labute approximate surface area is 146 Å². The minimum absolute atomic E-state index is 0.684. The standard InChI is InChI=1S/C18H34N6/c1-3-4-5-6-7-8-10-13-20-18(19-2)21-15-17-23-22-16-12-9-11-14-24(16)17/h3-15H2,1-2H3,(H2,19,20,21). The third-order valence-electron chi connectivity index (χ3n) is 4.65. The lowest BCUT2D eigenvalue weighted by Gasteiger charge is -2.16. The number of hydrogen-bond donors (Lipinski definition) is 2. The first kappa shape index (κ1) is 18.7. The summed E-state index contributed by atoms with van der Waals surface area (Å²) in [5.74, 6) is 3.00. The van der Waals surface area contributed by atoms with Crippen LogP contribution in [0.2, 0.25) is 0 Å². The summed E-state index contributed by atoms with van der Waals surface area (Å²) in [4.78, 5) is 4.29. The summed E-state index contributed by atoms with van der Waals surface area (Å²) in [6.45, 7) is 4.97. The Hall–Kier alpha value is -1.59. The highest BCUT2D eigenvalue weighted by molar-refractivity contribution is 5.79. The van der Waals surface area contributed by atoms with E-state index in [0.717, 1.165) is 37.1 Å². The fourth-order valence-electron chi connectivity index (χ4n) is 3.17. The van der Waals surface area contributed by atoms with Gasteiger partial charge in [-0.2, -0.15) is 0 Å². The topological polar surface area (TPSA) is 67.1 Å². The largest absolute Gasteiger partial charge is 0.356 e. The molecule has 0 bridgehead atoms. The van der Waals surface area contributed by atoms with Crippen molar-refractivity contribution in [3.63, 3.8) is 0 Å². The zero-order chi connectivity index (χ0) is 17.0. The van der Waals surface area contributed by atoms with Crippen molar-refractivity contribution in [1.82, 2.24) is 25.4 Å². The lowest BCUT2D eigenvalue weighted by Crippen LogP contribution is -2.38. The first-order valence-electron chi connectivity index (χ1n) is 9.70. The van der Waals surface area contributed by atoms with E-state index in [1.54, 1.807) is 0 Å². The van der Waals surface area contributed by atoms with Crippen LogP contribution < -0.4 is 10.6 Å². The lowest BCUT2D eigenvalue weighted by molar-refractivity contribution is 0.504. The summed E-state index contributed by atoms with van der Waals surface area (Å²) in [6, 6.07) is 0. The maximum Gasteiger partial charge on any atom is 0.191 e. The molecule has 0 spiro atoms. The van der Waals surface area contributed by atoms with Crippen LogP contribution in [0.1, 0.15) is 76.4 Å². The minimum Gasteiger partial charge on any atom is -0.356 e. The Balaban J connectivity index is 1.60. The van der Waals surface area contributed by atoms with Crippen molar-refractivity contribution < 1.29 is 0 Å². The second-order valence-electron chi connectivity index (χ2n) is 6.62. The normalized spacial score (nSPS) is 14.5. The van der Waals surface area contributed by atoms with Crippen molar-refractivity contribution in [2.45, 2.75) is 84.2 Å². The second-order valence-corrected chi connectivity index (χ2v) is 6.62. The number of aryl methyl sites for hydroxylation is 1. The van der Waals surface area contributed by atoms with Gasteiger partial charge in [-0.25, -0.2) is 0 Å². The lowest BCUT2D eigenvalue weighted by atomic mass is 10.1. The maximum absolute atomic E-state index is 4.32. The molecule has 0 unspecified atom stereocenters. The molecule has 136 valence electrons. The molecule has 2 heterocycles. The smallest absolute Gasteiger partial charge is 0.191 e. The Morgan fingerprint density at radius 2 is 1.83 bits per heavy atom. The number of hydrogen-bond acceptors (Lipinski definition) is 3. The highest BCUT2D eigenvalue weighted by Crippen LogP contribution is 2.13. The van der Waals surface area contributed by atoms with Crippen LogP contribution >= 0.6 is 0 Å². The van der Waals surface area contributed by atoms with Crippen LogP contribution in [0.5, 0.6) is 0 Å². The number of fused-ring (bicyclic) bond motifs is 1. The Morgan fingerprint density at radius 1 is 1.04 bits per heavy atom. The van der Waals surface area contributed by atoms with Crippen molar-refractivity contribution in [3.8, 4) is 0 Å². The SMILES string of the molecule is CCCCCCCCCNC(=NC)NCc1nnc2n1CCCC2. The quantitative estimate of drug-likeness (QED) is 0.392. The van der Waals surface area contributed by atoms with Crippen LogP contribution in [-0.2, 0) is 19.5 Å². The van der Waals surface area contributed by atoms with Crippen LogP contribution in [0.4, 0.5) is 0 Å². The first-order chi connectivity index (χ1) is 11.8. The summed E-state index contributed by atoms with van der Waals surface area (Å²) in [5, 5.41) is 15.4. The summed E-state index contributed by atoms with van der Waals surface area (Å²) >= 11 is 0. The van der Waals surface area contributed by atoms with Gasteiger partial charge in [-0.1, -0.05) is 45.4 Å². The van der Waals surface area contributed by atoms with E-state index in [4.69, 9.17) is 0 Å². The molecule has 1 aromatic rings. The van der Waals surface area contributed by atoms with Gasteiger partial charge in [0, 0.05) is 26.6 Å². The molecule has 6 heteroatoms. The van der Waals surface area contributed by atoms with E-state index in [0.29, 0.717) is 6.54 Å². The number of nitrogens with zero attached hydrogens (tertiary/aromatic N) is 4. The molecule has 2 rings (SSSR count). The number of rotatable bonds is 10. The van der Waals surface area contributed by atoms with Crippen LogP contribution in [0.15, 0.2) is 4.99 Å². The zero-order valence-electron chi connectivity index (χ0n) is 15.5.